The Balaban J connectivity index is 2.39. The minimum absolute atomic E-state index is 0.144. The zero-order chi connectivity index (χ0) is 15.7. The minimum atomic E-state index is 0.144. The van der Waals surface area contributed by atoms with Crippen LogP contribution in [0.3, 0.4) is 0 Å². The van der Waals surface area contributed by atoms with Crippen LogP contribution < -0.4 is 11.1 Å². The van der Waals surface area contributed by atoms with Crippen molar-refractivity contribution in [1.82, 2.24) is 9.97 Å². The van der Waals surface area contributed by atoms with Crippen LogP contribution in [-0.4, -0.2) is 15.0 Å². The Morgan fingerprint density at radius 2 is 1.90 bits per heavy atom. The van der Waals surface area contributed by atoms with Gasteiger partial charge in [-0.1, -0.05) is 12.2 Å². The van der Waals surface area contributed by atoms with Gasteiger partial charge < -0.3 is 11.1 Å². The Bertz CT molecular complexity index is 691. The van der Waals surface area contributed by atoms with Gasteiger partial charge in [-0.25, -0.2) is 4.98 Å². The van der Waals surface area contributed by atoms with Crippen molar-refractivity contribution in [3.63, 3.8) is 0 Å². The van der Waals surface area contributed by atoms with Gasteiger partial charge in [0.05, 0.1) is 22.3 Å². The van der Waals surface area contributed by atoms with Crippen molar-refractivity contribution < 1.29 is 0 Å². The molecule has 0 fully saturated rings. The van der Waals surface area contributed by atoms with Gasteiger partial charge in [0.2, 0.25) is 0 Å². The molecule has 0 radical (unpaired) electrons. The van der Waals surface area contributed by atoms with Gasteiger partial charge in [0.25, 0.3) is 0 Å². The molecule has 2 aromatic heterocycles. The van der Waals surface area contributed by atoms with Crippen LogP contribution >= 0.6 is 23.6 Å². The van der Waals surface area contributed by atoms with Gasteiger partial charge in [-0.05, 0) is 40.7 Å². The summed E-state index contributed by atoms with van der Waals surface area (Å²) in [7, 11) is 0. The quantitative estimate of drug-likeness (QED) is 0.843. The van der Waals surface area contributed by atoms with Crippen LogP contribution in [0.5, 0.6) is 0 Å². The average Bonchev–Trinajstić information content (AvgIpc) is 2.66. The first-order chi connectivity index (χ1) is 9.79. The van der Waals surface area contributed by atoms with Gasteiger partial charge in [-0.15, -0.1) is 11.3 Å². The van der Waals surface area contributed by atoms with Crippen LogP contribution in [0.15, 0.2) is 6.07 Å². The number of nitrogens with zero attached hydrogens (tertiary/aromatic N) is 2. The third-order valence-corrected chi connectivity index (χ3v) is 4.74. The third kappa shape index (κ3) is 3.39. The second-order valence-electron chi connectivity index (χ2n) is 5.18. The van der Waals surface area contributed by atoms with Crippen molar-refractivity contribution in [2.45, 2.75) is 40.7 Å². The molecule has 0 aliphatic heterocycles. The predicted octanol–water partition coefficient (Wildman–Crippen LogP) is 3.58. The second-order valence-corrected chi connectivity index (χ2v) is 6.86. The van der Waals surface area contributed by atoms with E-state index in [9.17, 15) is 0 Å². The van der Waals surface area contributed by atoms with E-state index in [1.807, 2.05) is 33.8 Å². The lowest BCUT2D eigenvalue weighted by atomic mass is 10.1. The Labute approximate surface area is 134 Å². The molecule has 2 rings (SSSR count). The van der Waals surface area contributed by atoms with Crippen molar-refractivity contribution >= 4 is 34.2 Å². The maximum atomic E-state index is 5.86. The molecule has 0 aliphatic rings. The van der Waals surface area contributed by atoms with E-state index in [0.717, 1.165) is 33.3 Å². The van der Waals surface area contributed by atoms with E-state index in [1.165, 1.54) is 4.88 Å². The summed E-state index contributed by atoms with van der Waals surface area (Å²) < 4.78 is 0. The van der Waals surface area contributed by atoms with E-state index < -0.39 is 0 Å². The summed E-state index contributed by atoms with van der Waals surface area (Å²) in [4.78, 5) is 10.5. The van der Waals surface area contributed by atoms with Gasteiger partial charge in [0.1, 0.15) is 4.99 Å². The fraction of sp³-hybridized carbons (Fsp3) is 0.400. The summed E-state index contributed by atoms with van der Waals surface area (Å²) >= 11 is 6.88. The highest BCUT2D eigenvalue weighted by Crippen LogP contribution is 2.29. The van der Waals surface area contributed by atoms with E-state index >= 15 is 0 Å². The highest BCUT2D eigenvalue weighted by atomic mass is 32.1. The molecule has 112 valence electrons. The average molecular weight is 320 g/mol. The minimum Gasteiger partial charge on any atom is -0.389 e. The Morgan fingerprint density at radius 3 is 2.43 bits per heavy atom. The highest BCUT2D eigenvalue weighted by molar-refractivity contribution is 7.80. The molecule has 0 bridgehead atoms. The summed E-state index contributed by atoms with van der Waals surface area (Å²) in [6.07, 6.45) is 0. The smallest absolute Gasteiger partial charge is 0.107 e. The fourth-order valence-electron chi connectivity index (χ4n) is 2.50. The van der Waals surface area contributed by atoms with Crippen LogP contribution in [-0.2, 0) is 0 Å². The maximum Gasteiger partial charge on any atom is 0.107 e. The summed E-state index contributed by atoms with van der Waals surface area (Å²) in [5.74, 6) is 0. The van der Waals surface area contributed by atoms with Crippen molar-refractivity contribution in [3.05, 3.63) is 38.6 Å². The number of hydrogen-bond acceptors (Lipinski definition) is 5. The lowest BCUT2D eigenvalue weighted by molar-refractivity contribution is 0.886. The highest BCUT2D eigenvalue weighted by Gasteiger charge is 2.17. The van der Waals surface area contributed by atoms with E-state index in [4.69, 9.17) is 18.0 Å². The number of hydrogen-bond donors (Lipinski definition) is 2. The Hall–Kier alpha value is -1.53. The van der Waals surface area contributed by atoms with E-state index in [-0.39, 0.29) is 6.04 Å². The van der Waals surface area contributed by atoms with Crippen molar-refractivity contribution in [2.75, 3.05) is 5.32 Å². The summed E-state index contributed by atoms with van der Waals surface area (Å²) in [5, 5.41) is 4.58. The molecule has 1 unspecified atom stereocenters. The molecule has 2 aromatic rings. The van der Waals surface area contributed by atoms with Gasteiger partial charge in [-0.2, -0.15) is 0 Å². The zero-order valence-electron chi connectivity index (χ0n) is 12.9. The monoisotopic (exact) mass is 320 g/mol. The normalized spacial score (nSPS) is 12.2. The first-order valence-corrected chi connectivity index (χ1v) is 8.00. The molecule has 6 heteroatoms. The Morgan fingerprint density at radius 1 is 1.24 bits per heavy atom. The molecule has 0 saturated carbocycles. The molecule has 2 heterocycles. The number of pyridine rings is 1. The van der Waals surface area contributed by atoms with E-state index in [1.54, 1.807) is 11.3 Å². The fourth-order valence-corrected chi connectivity index (χ4v) is 3.69. The summed E-state index contributed by atoms with van der Waals surface area (Å²) in [5.41, 5.74) is 10.5. The molecular weight excluding hydrogens is 300 g/mol. The second kappa shape index (κ2) is 6.07. The van der Waals surface area contributed by atoms with Crippen LogP contribution in [0.25, 0.3) is 0 Å². The first kappa shape index (κ1) is 15.9. The first-order valence-electron chi connectivity index (χ1n) is 6.78. The van der Waals surface area contributed by atoms with Gasteiger partial charge in [-0.3, -0.25) is 4.98 Å². The number of aromatic nitrogens is 2. The van der Waals surface area contributed by atoms with Crippen LogP contribution in [0.2, 0.25) is 0 Å². The molecule has 0 aliphatic carbocycles. The molecule has 0 saturated heterocycles. The van der Waals surface area contributed by atoms with Crippen LogP contribution in [0.1, 0.15) is 45.5 Å². The van der Waals surface area contributed by atoms with Crippen molar-refractivity contribution in [2.24, 2.45) is 5.73 Å². The number of thiazole rings is 1. The standard InChI is InChI=1S/C15H20N4S2/c1-7-6-12(13(15(16)20)8(2)17-7)19-10(4)14-9(3)18-11(5)21-14/h6,10H,1-5H3,(H2,16,20)(H,17,19). The molecular formula is C15H20N4S2. The molecule has 1 atom stereocenters. The summed E-state index contributed by atoms with van der Waals surface area (Å²) in [6, 6.07) is 2.13. The number of thiocarbonyl (C=S) groups is 1. The number of anilines is 1. The molecule has 21 heavy (non-hydrogen) atoms. The largest absolute Gasteiger partial charge is 0.389 e. The van der Waals surface area contributed by atoms with E-state index in [0.29, 0.717) is 4.99 Å². The number of aryl methyl sites for hydroxylation is 4. The van der Waals surface area contributed by atoms with Crippen LogP contribution in [0.4, 0.5) is 5.69 Å². The molecule has 3 N–H and O–H groups in total. The van der Waals surface area contributed by atoms with Gasteiger partial charge in [0.15, 0.2) is 0 Å². The maximum absolute atomic E-state index is 5.86. The van der Waals surface area contributed by atoms with Gasteiger partial charge >= 0.3 is 0 Å². The van der Waals surface area contributed by atoms with Crippen molar-refractivity contribution in [1.29, 1.82) is 0 Å². The molecule has 0 aromatic carbocycles. The topological polar surface area (TPSA) is 63.8 Å². The SMILES string of the molecule is Cc1cc(NC(C)c2sc(C)nc2C)c(C(N)=S)c(C)n1. The molecule has 0 spiro atoms. The predicted molar refractivity (Wildman–Crippen MR) is 93.2 cm³/mol. The van der Waals surface area contributed by atoms with Gasteiger partial charge in [0, 0.05) is 22.0 Å². The van der Waals surface area contributed by atoms with Crippen LogP contribution in [0, 0.1) is 27.7 Å². The van der Waals surface area contributed by atoms with Crippen molar-refractivity contribution in [3.8, 4) is 0 Å². The third-order valence-electron chi connectivity index (χ3n) is 3.28. The lowest BCUT2D eigenvalue weighted by Gasteiger charge is -2.19. The van der Waals surface area contributed by atoms with E-state index in [2.05, 4.69) is 22.2 Å². The summed E-state index contributed by atoms with van der Waals surface area (Å²) in [6.45, 7) is 10.1. The number of nitrogens with two attached hydrogens (primary N) is 1. The zero-order valence-corrected chi connectivity index (χ0v) is 14.6. The number of rotatable bonds is 4. The molecule has 0 amide bonds. The Kier molecular flexibility index (Phi) is 4.58. The lowest BCUT2D eigenvalue weighted by Crippen LogP contribution is -2.17. The number of nitrogens with one attached hydrogen (secondary N) is 1. The molecule has 4 nitrogen and oxygen atoms in total.